The summed E-state index contributed by atoms with van der Waals surface area (Å²) in [5.74, 6) is 0.549. The molecule has 0 radical (unpaired) electrons. The summed E-state index contributed by atoms with van der Waals surface area (Å²) in [4.78, 5) is 17.8. The van der Waals surface area contributed by atoms with Crippen molar-refractivity contribution in [3.05, 3.63) is 52.6 Å². The molecule has 0 saturated carbocycles. The van der Waals surface area contributed by atoms with E-state index in [4.69, 9.17) is 0 Å². The van der Waals surface area contributed by atoms with Gasteiger partial charge in [-0.15, -0.1) is 21.5 Å². The fourth-order valence-electron chi connectivity index (χ4n) is 2.00. The molecule has 1 N–H and O–H groups in total. The van der Waals surface area contributed by atoms with Crippen molar-refractivity contribution in [2.45, 2.75) is 10.1 Å². The standard InChI is InChI=1S/C14H10N6OS3/c21-12(10-7-16-20-5-2-4-15-11(10)20)17-13-18-19-14(24-13)23-8-9-3-1-6-22-9/h1-7H,8H2,(H,17,18,21). The van der Waals surface area contributed by atoms with Gasteiger partial charge < -0.3 is 0 Å². The molecule has 0 saturated heterocycles. The Hall–Kier alpha value is -2.30. The van der Waals surface area contributed by atoms with Crippen LogP contribution >= 0.6 is 34.4 Å². The molecule has 0 atom stereocenters. The Morgan fingerprint density at radius 1 is 1.33 bits per heavy atom. The zero-order chi connectivity index (χ0) is 16.4. The van der Waals surface area contributed by atoms with Gasteiger partial charge in [0.2, 0.25) is 5.13 Å². The quantitative estimate of drug-likeness (QED) is 0.427. The van der Waals surface area contributed by atoms with Gasteiger partial charge in [0.05, 0.1) is 6.20 Å². The normalized spacial score (nSPS) is 11.0. The predicted octanol–water partition coefficient (Wildman–Crippen LogP) is 3.19. The largest absolute Gasteiger partial charge is 0.296 e. The van der Waals surface area contributed by atoms with Crippen LogP contribution in [0.2, 0.25) is 0 Å². The van der Waals surface area contributed by atoms with Gasteiger partial charge in [-0.1, -0.05) is 29.2 Å². The molecule has 4 rings (SSSR count). The van der Waals surface area contributed by atoms with Crippen molar-refractivity contribution >= 4 is 51.1 Å². The topological polar surface area (TPSA) is 85.1 Å². The molecule has 4 heterocycles. The molecule has 10 heteroatoms. The first-order valence-electron chi connectivity index (χ1n) is 6.88. The highest BCUT2D eigenvalue weighted by molar-refractivity contribution is 8.00. The van der Waals surface area contributed by atoms with Crippen LogP contribution in [-0.4, -0.2) is 30.7 Å². The monoisotopic (exact) mass is 374 g/mol. The summed E-state index contributed by atoms with van der Waals surface area (Å²) in [6.07, 6.45) is 4.85. The Morgan fingerprint density at radius 3 is 3.17 bits per heavy atom. The minimum Gasteiger partial charge on any atom is -0.296 e. The molecule has 4 aromatic rings. The molecule has 1 amide bonds. The average molecular weight is 374 g/mol. The molecule has 0 aromatic carbocycles. The first kappa shape index (κ1) is 15.2. The van der Waals surface area contributed by atoms with Crippen LogP contribution < -0.4 is 5.32 Å². The molecule has 0 bridgehead atoms. The van der Waals surface area contributed by atoms with E-state index in [2.05, 4.69) is 31.7 Å². The molecule has 7 nitrogen and oxygen atoms in total. The van der Waals surface area contributed by atoms with E-state index >= 15 is 0 Å². The first-order valence-corrected chi connectivity index (χ1v) is 9.56. The number of aromatic nitrogens is 5. The fraction of sp³-hybridized carbons (Fsp3) is 0.0714. The lowest BCUT2D eigenvalue weighted by Crippen LogP contribution is -2.11. The molecule has 0 fully saturated rings. The lowest BCUT2D eigenvalue weighted by Gasteiger charge is -1.98. The second-order valence-corrected chi connectivity index (χ2v) is 7.87. The van der Waals surface area contributed by atoms with Crippen LogP contribution in [-0.2, 0) is 5.75 Å². The van der Waals surface area contributed by atoms with Gasteiger partial charge in [0.15, 0.2) is 9.99 Å². The molecule has 0 unspecified atom stereocenters. The third-order valence-corrected chi connectivity index (χ3v) is 6.15. The third-order valence-electron chi connectivity index (χ3n) is 3.07. The van der Waals surface area contributed by atoms with Gasteiger partial charge in [-0.25, -0.2) is 9.50 Å². The molecule has 120 valence electrons. The highest BCUT2D eigenvalue weighted by atomic mass is 32.2. The number of fused-ring (bicyclic) bond motifs is 1. The van der Waals surface area contributed by atoms with E-state index in [0.717, 1.165) is 10.1 Å². The smallest absolute Gasteiger partial charge is 0.262 e. The van der Waals surface area contributed by atoms with Crippen LogP contribution in [0.1, 0.15) is 15.2 Å². The number of carbonyl (C=O) groups is 1. The maximum Gasteiger partial charge on any atom is 0.262 e. The van der Waals surface area contributed by atoms with Crippen molar-refractivity contribution in [2.75, 3.05) is 5.32 Å². The molecule has 0 spiro atoms. The van der Waals surface area contributed by atoms with Gasteiger partial charge in [-0.2, -0.15) is 5.10 Å². The first-order chi connectivity index (χ1) is 11.8. The van der Waals surface area contributed by atoms with Crippen LogP contribution in [0.4, 0.5) is 5.13 Å². The number of amides is 1. The maximum atomic E-state index is 12.4. The van der Waals surface area contributed by atoms with Crippen LogP contribution in [0.5, 0.6) is 0 Å². The van der Waals surface area contributed by atoms with Gasteiger partial charge in [0.1, 0.15) is 5.56 Å². The van der Waals surface area contributed by atoms with Crippen molar-refractivity contribution in [1.82, 2.24) is 24.8 Å². The van der Waals surface area contributed by atoms with E-state index in [1.807, 2.05) is 11.4 Å². The average Bonchev–Trinajstić information content (AvgIpc) is 3.33. The summed E-state index contributed by atoms with van der Waals surface area (Å²) < 4.78 is 2.37. The predicted molar refractivity (Wildman–Crippen MR) is 94.7 cm³/mol. The molecular formula is C14H10N6OS3. The molecule has 4 aromatic heterocycles. The van der Waals surface area contributed by atoms with E-state index in [0.29, 0.717) is 16.3 Å². The minimum absolute atomic E-state index is 0.297. The zero-order valence-corrected chi connectivity index (χ0v) is 14.6. The third kappa shape index (κ3) is 3.16. The van der Waals surface area contributed by atoms with Gasteiger partial charge >= 0.3 is 0 Å². The Balaban J connectivity index is 1.44. The Morgan fingerprint density at radius 2 is 2.29 bits per heavy atom. The van der Waals surface area contributed by atoms with Gasteiger partial charge in [0, 0.05) is 23.0 Å². The van der Waals surface area contributed by atoms with Crippen LogP contribution in [0.15, 0.2) is 46.5 Å². The van der Waals surface area contributed by atoms with E-state index in [-0.39, 0.29) is 5.91 Å². The van der Waals surface area contributed by atoms with E-state index in [1.165, 1.54) is 22.4 Å². The molecular weight excluding hydrogens is 364 g/mol. The second kappa shape index (κ2) is 6.67. The number of hydrogen-bond donors (Lipinski definition) is 1. The van der Waals surface area contributed by atoms with Gasteiger partial charge in [0.25, 0.3) is 5.91 Å². The minimum atomic E-state index is -0.297. The summed E-state index contributed by atoms with van der Waals surface area (Å²) >= 11 is 4.66. The number of thiophene rings is 1. The van der Waals surface area contributed by atoms with Gasteiger partial charge in [-0.3, -0.25) is 10.1 Å². The lowest BCUT2D eigenvalue weighted by molar-refractivity contribution is 0.102. The fourth-order valence-corrected chi connectivity index (χ4v) is 4.52. The summed E-state index contributed by atoms with van der Waals surface area (Å²) in [6.45, 7) is 0. The van der Waals surface area contributed by atoms with Crippen molar-refractivity contribution in [3.63, 3.8) is 0 Å². The molecule has 0 aliphatic rings. The van der Waals surface area contributed by atoms with Crippen LogP contribution in [0.25, 0.3) is 5.65 Å². The number of thioether (sulfide) groups is 1. The maximum absolute atomic E-state index is 12.4. The number of hydrogen-bond acceptors (Lipinski definition) is 8. The second-order valence-electron chi connectivity index (χ2n) is 4.64. The van der Waals surface area contributed by atoms with Gasteiger partial charge in [-0.05, 0) is 17.5 Å². The van der Waals surface area contributed by atoms with Crippen molar-refractivity contribution < 1.29 is 4.79 Å². The zero-order valence-electron chi connectivity index (χ0n) is 12.1. The van der Waals surface area contributed by atoms with Crippen molar-refractivity contribution in [2.24, 2.45) is 0 Å². The van der Waals surface area contributed by atoms with E-state index in [1.54, 1.807) is 46.1 Å². The van der Waals surface area contributed by atoms with Crippen LogP contribution in [0, 0.1) is 0 Å². The summed E-state index contributed by atoms with van der Waals surface area (Å²) in [5.41, 5.74) is 0.908. The summed E-state index contributed by atoms with van der Waals surface area (Å²) in [5, 5.41) is 17.5. The number of rotatable bonds is 5. The number of carbonyl (C=O) groups excluding carboxylic acids is 1. The summed E-state index contributed by atoms with van der Waals surface area (Å²) in [7, 11) is 0. The molecule has 0 aliphatic heterocycles. The molecule has 0 aliphatic carbocycles. The van der Waals surface area contributed by atoms with E-state index < -0.39 is 0 Å². The number of nitrogens with one attached hydrogen (secondary N) is 1. The Kier molecular flexibility index (Phi) is 4.24. The SMILES string of the molecule is O=C(Nc1nnc(SCc2cccs2)s1)c1cnn2cccnc12. The number of anilines is 1. The van der Waals surface area contributed by atoms with Crippen molar-refractivity contribution in [1.29, 1.82) is 0 Å². The van der Waals surface area contributed by atoms with Crippen molar-refractivity contribution in [3.8, 4) is 0 Å². The molecule has 24 heavy (non-hydrogen) atoms. The highest BCUT2D eigenvalue weighted by Crippen LogP contribution is 2.29. The highest BCUT2D eigenvalue weighted by Gasteiger charge is 2.16. The Labute approximate surface area is 148 Å². The lowest BCUT2D eigenvalue weighted by atomic mass is 10.3. The summed E-state index contributed by atoms with van der Waals surface area (Å²) in [6, 6.07) is 5.86. The number of nitrogens with zero attached hydrogens (tertiary/aromatic N) is 5. The van der Waals surface area contributed by atoms with Crippen LogP contribution in [0.3, 0.4) is 0 Å². The van der Waals surface area contributed by atoms with E-state index in [9.17, 15) is 4.79 Å². The Bertz CT molecular complexity index is 977.